The van der Waals surface area contributed by atoms with Crippen LogP contribution >= 0.6 is 0 Å². The van der Waals surface area contributed by atoms with E-state index in [4.69, 9.17) is 0 Å². The fourth-order valence-corrected chi connectivity index (χ4v) is 3.58. The summed E-state index contributed by atoms with van der Waals surface area (Å²) >= 11 is 0. The minimum Gasteiger partial charge on any atom is -0.341 e. The van der Waals surface area contributed by atoms with Crippen molar-refractivity contribution in [2.24, 2.45) is 4.99 Å². The summed E-state index contributed by atoms with van der Waals surface area (Å²) in [7, 11) is 1.97. The molecule has 2 aromatic carbocycles. The summed E-state index contributed by atoms with van der Waals surface area (Å²) in [6.45, 7) is 4.18. The maximum atomic E-state index is 14.1. The van der Waals surface area contributed by atoms with Crippen LogP contribution in [-0.4, -0.2) is 28.8 Å². The smallest absolute Gasteiger partial charge is 0.225 e. The van der Waals surface area contributed by atoms with Gasteiger partial charge in [0.05, 0.1) is 11.6 Å². The van der Waals surface area contributed by atoms with Gasteiger partial charge in [-0.2, -0.15) is 0 Å². The van der Waals surface area contributed by atoms with E-state index in [1.807, 2.05) is 48.6 Å². The van der Waals surface area contributed by atoms with Crippen molar-refractivity contribution < 1.29 is 8.78 Å². The van der Waals surface area contributed by atoms with Crippen molar-refractivity contribution >= 4 is 11.7 Å². The normalized spacial score (nSPS) is 16.1. The van der Waals surface area contributed by atoms with E-state index in [0.717, 1.165) is 23.1 Å². The zero-order valence-corrected chi connectivity index (χ0v) is 17.3. The summed E-state index contributed by atoms with van der Waals surface area (Å²) in [5.41, 5.74) is 3.48. The molecular formula is C24H24F2N4. The van der Waals surface area contributed by atoms with E-state index in [1.54, 1.807) is 0 Å². The van der Waals surface area contributed by atoms with Gasteiger partial charge in [-0.15, -0.1) is 0 Å². The van der Waals surface area contributed by atoms with E-state index in [2.05, 4.69) is 28.8 Å². The Morgan fingerprint density at radius 3 is 2.17 bits per heavy atom. The molecule has 1 aliphatic heterocycles. The zero-order valence-electron chi connectivity index (χ0n) is 17.3. The van der Waals surface area contributed by atoms with Crippen molar-refractivity contribution in [3.8, 4) is 11.1 Å². The molecular weight excluding hydrogens is 382 g/mol. The molecule has 6 heteroatoms. The van der Waals surface area contributed by atoms with Gasteiger partial charge in [-0.1, -0.05) is 30.3 Å². The van der Waals surface area contributed by atoms with E-state index in [0.29, 0.717) is 24.1 Å². The second-order valence-corrected chi connectivity index (χ2v) is 7.83. The first-order valence-electron chi connectivity index (χ1n) is 10.1. The molecule has 1 unspecified atom stereocenters. The van der Waals surface area contributed by atoms with Gasteiger partial charge in [-0.05, 0) is 49.9 Å². The Kier molecular flexibility index (Phi) is 5.57. The minimum absolute atomic E-state index is 0.000208. The van der Waals surface area contributed by atoms with Gasteiger partial charge in [0.1, 0.15) is 11.6 Å². The Morgan fingerprint density at radius 1 is 0.933 bits per heavy atom. The molecule has 0 N–H and O–H groups in total. The van der Waals surface area contributed by atoms with Crippen LogP contribution in [-0.2, 0) is 0 Å². The molecule has 1 aliphatic rings. The van der Waals surface area contributed by atoms with E-state index >= 15 is 0 Å². The first kappa shape index (κ1) is 20.1. The molecule has 0 aliphatic carbocycles. The van der Waals surface area contributed by atoms with Gasteiger partial charge in [0.2, 0.25) is 5.95 Å². The lowest BCUT2D eigenvalue weighted by Gasteiger charge is -2.21. The van der Waals surface area contributed by atoms with Crippen LogP contribution in [0.15, 0.2) is 59.9 Å². The van der Waals surface area contributed by atoms with Crippen molar-refractivity contribution in [2.45, 2.75) is 38.8 Å². The van der Waals surface area contributed by atoms with Crippen molar-refractivity contribution in [3.63, 3.8) is 0 Å². The fraction of sp³-hybridized carbons (Fsp3) is 0.292. The number of anilines is 1. The van der Waals surface area contributed by atoms with Gasteiger partial charge >= 0.3 is 0 Å². The number of nitrogens with zero attached hydrogens (tertiary/aromatic N) is 4. The monoisotopic (exact) mass is 406 g/mol. The van der Waals surface area contributed by atoms with E-state index in [-0.39, 0.29) is 11.6 Å². The van der Waals surface area contributed by atoms with Gasteiger partial charge in [-0.3, -0.25) is 4.99 Å². The highest BCUT2D eigenvalue weighted by Crippen LogP contribution is 2.33. The lowest BCUT2D eigenvalue weighted by Crippen LogP contribution is -2.27. The predicted molar refractivity (Wildman–Crippen MR) is 116 cm³/mol. The van der Waals surface area contributed by atoms with Gasteiger partial charge in [0.25, 0.3) is 0 Å². The molecule has 1 aromatic heterocycles. The molecule has 0 saturated carbocycles. The summed E-state index contributed by atoms with van der Waals surface area (Å²) in [6, 6.07) is 12.2. The Bertz CT molecular complexity index is 1040. The predicted octanol–water partition coefficient (Wildman–Crippen LogP) is 5.59. The van der Waals surface area contributed by atoms with Gasteiger partial charge in [0, 0.05) is 36.8 Å². The highest BCUT2D eigenvalue weighted by Gasteiger charge is 2.24. The molecule has 4 nitrogen and oxygen atoms in total. The Labute approximate surface area is 175 Å². The molecule has 30 heavy (non-hydrogen) atoms. The van der Waals surface area contributed by atoms with Crippen LogP contribution < -0.4 is 4.90 Å². The molecule has 3 aromatic rings. The first-order chi connectivity index (χ1) is 14.4. The van der Waals surface area contributed by atoms with Gasteiger partial charge in [0.15, 0.2) is 0 Å². The summed E-state index contributed by atoms with van der Waals surface area (Å²) in [6.07, 6.45) is 4.94. The van der Waals surface area contributed by atoms with Gasteiger partial charge < -0.3 is 4.90 Å². The Morgan fingerprint density at radius 2 is 1.57 bits per heavy atom. The lowest BCUT2D eigenvalue weighted by molar-refractivity contribution is 0.578. The minimum atomic E-state index is -0.559. The SMILES string of the molecule is CC(C)N(C)c1ncc(-c2ccc(C3CCC(c4c(F)cccc4F)=N3)cc2)cn1. The highest BCUT2D eigenvalue weighted by atomic mass is 19.1. The largest absolute Gasteiger partial charge is 0.341 e. The maximum absolute atomic E-state index is 14.1. The first-order valence-corrected chi connectivity index (χ1v) is 10.1. The van der Waals surface area contributed by atoms with E-state index in [1.165, 1.54) is 18.2 Å². The molecule has 0 radical (unpaired) electrons. The summed E-state index contributed by atoms with van der Waals surface area (Å²) in [4.78, 5) is 15.5. The van der Waals surface area contributed by atoms with Crippen LogP contribution in [0.4, 0.5) is 14.7 Å². The Balaban J connectivity index is 1.52. The molecule has 1 atom stereocenters. The highest BCUT2D eigenvalue weighted by molar-refractivity contribution is 6.02. The van der Waals surface area contributed by atoms with Crippen LogP contribution in [0.5, 0.6) is 0 Å². The molecule has 0 bridgehead atoms. The zero-order chi connectivity index (χ0) is 21.3. The van der Waals surface area contributed by atoms with Crippen molar-refractivity contribution in [1.29, 1.82) is 0 Å². The lowest BCUT2D eigenvalue weighted by atomic mass is 10.0. The average molecular weight is 406 g/mol. The molecule has 0 saturated heterocycles. The third-order valence-corrected chi connectivity index (χ3v) is 5.57. The summed E-state index contributed by atoms with van der Waals surface area (Å²) < 4.78 is 28.1. The number of aliphatic imine (C=N–C) groups is 1. The molecule has 154 valence electrons. The number of benzene rings is 2. The average Bonchev–Trinajstić information content (AvgIpc) is 3.23. The van der Waals surface area contributed by atoms with Crippen LogP contribution in [0.25, 0.3) is 11.1 Å². The standard InChI is InChI=1S/C24H24F2N4/c1-15(2)30(3)24-27-13-18(14-28-24)16-7-9-17(10-8-16)21-11-12-22(29-21)23-19(25)5-4-6-20(23)26/h4-10,13-15,21H,11-12H2,1-3H3. The summed E-state index contributed by atoms with van der Waals surface area (Å²) in [5.74, 6) is -0.425. The van der Waals surface area contributed by atoms with Crippen molar-refractivity contribution in [2.75, 3.05) is 11.9 Å². The fourth-order valence-electron chi connectivity index (χ4n) is 3.58. The number of halogens is 2. The number of hydrogen-bond acceptors (Lipinski definition) is 4. The van der Waals surface area contributed by atoms with Crippen molar-refractivity contribution in [1.82, 2.24) is 9.97 Å². The number of aromatic nitrogens is 2. The second-order valence-electron chi connectivity index (χ2n) is 7.83. The third kappa shape index (κ3) is 3.95. The van der Waals surface area contributed by atoms with Crippen molar-refractivity contribution in [3.05, 3.63) is 77.6 Å². The maximum Gasteiger partial charge on any atom is 0.225 e. The molecule has 0 fully saturated rings. The van der Waals surface area contributed by atoms with E-state index in [9.17, 15) is 8.78 Å². The number of hydrogen-bond donors (Lipinski definition) is 0. The van der Waals surface area contributed by atoms with Crippen LogP contribution in [0.1, 0.15) is 43.9 Å². The van der Waals surface area contributed by atoms with Crippen LogP contribution in [0, 0.1) is 11.6 Å². The summed E-state index contributed by atoms with van der Waals surface area (Å²) in [5, 5.41) is 0. The quantitative estimate of drug-likeness (QED) is 0.555. The topological polar surface area (TPSA) is 41.4 Å². The second kappa shape index (κ2) is 8.30. The molecule has 0 spiro atoms. The molecule has 2 heterocycles. The van der Waals surface area contributed by atoms with Crippen LogP contribution in [0.3, 0.4) is 0 Å². The van der Waals surface area contributed by atoms with Crippen LogP contribution in [0.2, 0.25) is 0 Å². The molecule has 4 rings (SSSR count). The Hall–Kier alpha value is -3.15. The van der Waals surface area contributed by atoms with E-state index < -0.39 is 11.6 Å². The van der Waals surface area contributed by atoms with Gasteiger partial charge in [-0.25, -0.2) is 18.7 Å². The molecule has 0 amide bonds. The number of rotatable bonds is 5. The third-order valence-electron chi connectivity index (χ3n) is 5.57.